The maximum atomic E-state index is 11.1. The number of carbonyl (C=O) groups excluding carboxylic acids is 1. The molecule has 0 radical (unpaired) electrons. The Balaban J connectivity index is 2.73. The van der Waals surface area contributed by atoms with E-state index in [4.69, 9.17) is 21.4 Å². The van der Waals surface area contributed by atoms with E-state index in [2.05, 4.69) is 0 Å². The van der Waals surface area contributed by atoms with Crippen LogP contribution in [-0.4, -0.2) is 17.0 Å². The van der Waals surface area contributed by atoms with Gasteiger partial charge in [-0.15, -0.1) is 0 Å². The van der Waals surface area contributed by atoms with Crippen molar-refractivity contribution in [1.82, 2.24) is 0 Å². The van der Waals surface area contributed by atoms with Crippen molar-refractivity contribution < 1.29 is 19.4 Å². The Morgan fingerprint density at radius 2 is 2.06 bits per heavy atom. The number of carbonyl (C=O) groups is 2. The Morgan fingerprint density at radius 1 is 1.38 bits per heavy atom. The molecule has 84 valence electrons. The molecule has 5 heteroatoms. The van der Waals surface area contributed by atoms with Gasteiger partial charge >= 0.3 is 11.9 Å². The molecule has 4 nitrogen and oxygen atoms in total. The Kier molecular flexibility index (Phi) is 4.08. The summed E-state index contributed by atoms with van der Waals surface area (Å²) >= 11 is 5.72. The molecule has 0 spiro atoms. The molecule has 0 saturated carbocycles. The van der Waals surface area contributed by atoms with E-state index in [-0.39, 0.29) is 0 Å². The van der Waals surface area contributed by atoms with Gasteiger partial charge in [-0.3, -0.25) is 0 Å². The zero-order valence-electron chi connectivity index (χ0n) is 8.44. The van der Waals surface area contributed by atoms with Crippen LogP contribution in [0.2, 0.25) is 5.02 Å². The van der Waals surface area contributed by atoms with Gasteiger partial charge in [-0.1, -0.05) is 11.6 Å². The molecule has 0 unspecified atom stereocenters. The lowest BCUT2D eigenvalue weighted by molar-refractivity contribution is -0.133. The number of aryl methyl sites for hydroxylation is 1. The molecule has 0 aliphatic heterocycles. The second-order valence-electron chi connectivity index (χ2n) is 3.00. The number of esters is 1. The van der Waals surface area contributed by atoms with Crippen molar-refractivity contribution in [2.45, 2.75) is 6.92 Å². The normalized spacial score (nSPS) is 10.4. The summed E-state index contributed by atoms with van der Waals surface area (Å²) in [6.07, 6.45) is 1.56. The maximum Gasteiger partial charge on any atom is 0.336 e. The molecule has 0 aliphatic carbocycles. The first-order valence-corrected chi connectivity index (χ1v) is 4.76. The van der Waals surface area contributed by atoms with E-state index in [0.717, 1.165) is 6.08 Å². The molecule has 0 atom stereocenters. The van der Waals surface area contributed by atoms with E-state index < -0.39 is 11.9 Å². The summed E-state index contributed by atoms with van der Waals surface area (Å²) in [6.45, 7) is 1.73. The smallest absolute Gasteiger partial charge is 0.336 e. The average molecular weight is 241 g/mol. The number of carboxylic acids is 1. The first-order valence-electron chi connectivity index (χ1n) is 4.38. The molecule has 16 heavy (non-hydrogen) atoms. The highest BCUT2D eigenvalue weighted by molar-refractivity contribution is 6.30. The largest absolute Gasteiger partial charge is 0.478 e. The van der Waals surface area contributed by atoms with Crippen molar-refractivity contribution in [3.8, 4) is 5.75 Å². The third-order valence-corrected chi connectivity index (χ3v) is 1.94. The topological polar surface area (TPSA) is 63.6 Å². The van der Waals surface area contributed by atoms with E-state index in [9.17, 15) is 9.59 Å². The lowest BCUT2D eigenvalue weighted by Gasteiger charge is -2.04. The number of hydrogen-bond donors (Lipinski definition) is 1. The molecule has 0 aromatic heterocycles. The van der Waals surface area contributed by atoms with Crippen molar-refractivity contribution >= 4 is 23.5 Å². The van der Waals surface area contributed by atoms with Gasteiger partial charge in [-0.2, -0.15) is 0 Å². The predicted molar refractivity (Wildman–Crippen MR) is 58.6 cm³/mol. The van der Waals surface area contributed by atoms with Crippen molar-refractivity contribution in [2.24, 2.45) is 0 Å². The fraction of sp³-hybridized carbons (Fsp3) is 0.0909. The summed E-state index contributed by atoms with van der Waals surface area (Å²) < 4.78 is 4.90. The minimum absolute atomic E-state index is 0.351. The Hall–Kier alpha value is -1.81. The SMILES string of the molecule is Cc1cc(Cl)ccc1OC(=O)C=CC(=O)O. The van der Waals surface area contributed by atoms with Crippen LogP contribution < -0.4 is 4.74 Å². The molecule has 1 aromatic carbocycles. The van der Waals surface area contributed by atoms with Gasteiger partial charge in [-0.25, -0.2) is 9.59 Å². The van der Waals surface area contributed by atoms with Gasteiger partial charge < -0.3 is 9.84 Å². The molecule has 1 aromatic rings. The number of halogens is 1. The molecule has 1 rings (SSSR count). The van der Waals surface area contributed by atoms with E-state index in [1.54, 1.807) is 25.1 Å². The van der Waals surface area contributed by atoms with Crippen LogP contribution >= 0.6 is 11.6 Å². The van der Waals surface area contributed by atoms with Gasteiger partial charge in [-0.05, 0) is 30.7 Å². The number of rotatable bonds is 3. The van der Waals surface area contributed by atoms with Gasteiger partial charge in [0, 0.05) is 17.2 Å². The highest BCUT2D eigenvalue weighted by Crippen LogP contribution is 2.21. The van der Waals surface area contributed by atoms with Crippen LogP contribution in [0.25, 0.3) is 0 Å². The van der Waals surface area contributed by atoms with Crippen LogP contribution in [0.4, 0.5) is 0 Å². The lowest BCUT2D eigenvalue weighted by Crippen LogP contribution is -2.05. The van der Waals surface area contributed by atoms with Crippen molar-refractivity contribution in [3.63, 3.8) is 0 Å². The molecule has 0 heterocycles. The van der Waals surface area contributed by atoms with Crippen LogP contribution in [0, 0.1) is 6.92 Å². The van der Waals surface area contributed by atoms with E-state index in [1.165, 1.54) is 0 Å². The summed E-state index contributed by atoms with van der Waals surface area (Å²) in [5.41, 5.74) is 0.699. The number of benzene rings is 1. The molecule has 0 amide bonds. The van der Waals surface area contributed by atoms with Crippen LogP contribution in [0.5, 0.6) is 5.75 Å². The zero-order valence-corrected chi connectivity index (χ0v) is 9.19. The van der Waals surface area contributed by atoms with Crippen LogP contribution in [0.1, 0.15) is 5.56 Å². The standard InChI is InChI=1S/C11H9ClO4/c1-7-6-8(12)2-3-9(7)16-11(15)5-4-10(13)14/h2-6H,1H3,(H,13,14). The summed E-state index contributed by atoms with van der Waals surface area (Å²) in [7, 11) is 0. The van der Waals surface area contributed by atoms with Crippen LogP contribution in [0.15, 0.2) is 30.4 Å². The molecule has 1 N–H and O–H groups in total. The maximum absolute atomic E-state index is 11.1. The fourth-order valence-electron chi connectivity index (χ4n) is 1.01. The molecular weight excluding hydrogens is 232 g/mol. The molecule has 0 aliphatic rings. The predicted octanol–water partition coefficient (Wildman–Crippen LogP) is 2.19. The average Bonchev–Trinajstić information content (AvgIpc) is 2.19. The minimum Gasteiger partial charge on any atom is -0.478 e. The third kappa shape index (κ3) is 3.74. The first-order chi connectivity index (χ1) is 7.49. The van der Waals surface area contributed by atoms with E-state index in [0.29, 0.717) is 22.4 Å². The van der Waals surface area contributed by atoms with Crippen LogP contribution in [0.3, 0.4) is 0 Å². The minimum atomic E-state index is -1.20. The number of carboxylic acid groups (broad SMARTS) is 1. The highest BCUT2D eigenvalue weighted by atomic mass is 35.5. The van der Waals surface area contributed by atoms with Crippen LogP contribution in [-0.2, 0) is 9.59 Å². The summed E-state index contributed by atoms with van der Waals surface area (Å²) in [4.78, 5) is 21.3. The quantitative estimate of drug-likeness (QED) is 0.500. The van der Waals surface area contributed by atoms with Crippen molar-refractivity contribution in [2.75, 3.05) is 0 Å². The zero-order chi connectivity index (χ0) is 12.1. The molecule has 0 saturated heterocycles. The Morgan fingerprint density at radius 3 is 2.62 bits per heavy atom. The van der Waals surface area contributed by atoms with Gasteiger partial charge in [0.15, 0.2) is 0 Å². The van der Waals surface area contributed by atoms with Gasteiger partial charge in [0.05, 0.1) is 0 Å². The van der Waals surface area contributed by atoms with E-state index >= 15 is 0 Å². The molecule has 0 bridgehead atoms. The fourth-order valence-corrected chi connectivity index (χ4v) is 1.24. The van der Waals surface area contributed by atoms with Gasteiger partial charge in [0.2, 0.25) is 0 Å². The Bertz CT molecular complexity index is 451. The second-order valence-corrected chi connectivity index (χ2v) is 3.44. The van der Waals surface area contributed by atoms with Crippen molar-refractivity contribution in [3.05, 3.63) is 40.9 Å². The number of aliphatic carboxylic acids is 1. The third-order valence-electron chi connectivity index (χ3n) is 1.71. The molecule has 0 fully saturated rings. The van der Waals surface area contributed by atoms with Crippen molar-refractivity contribution in [1.29, 1.82) is 0 Å². The number of ether oxygens (including phenoxy) is 1. The lowest BCUT2D eigenvalue weighted by atomic mass is 10.2. The Labute approximate surface area is 97.1 Å². The van der Waals surface area contributed by atoms with Gasteiger partial charge in [0.25, 0.3) is 0 Å². The van der Waals surface area contributed by atoms with Gasteiger partial charge in [0.1, 0.15) is 5.75 Å². The second kappa shape index (κ2) is 5.32. The number of hydrogen-bond acceptors (Lipinski definition) is 3. The summed E-state index contributed by atoms with van der Waals surface area (Å²) in [5.74, 6) is -1.60. The highest BCUT2D eigenvalue weighted by Gasteiger charge is 2.04. The molecular formula is C11H9ClO4. The monoisotopic (exact) mass is 240 g/mol. The summed E-state index contributed by atoms with van der Waals surface area (Å²) in [6, 6.07) is 4.77. The first kappa shape index (κ1) is 12.3. The summed E-state index contributed by atoms with van der Waals surface area (Å²) in [5, 5.41) is 8.85. The van der Waals surface area contributed by atoms with E-state index in [1.807, 2.05) is 0 Å².